The summed E-state index contributed by atoms with van der Waals surface area (Å²) in [6.45, 7) is 6.87. The maximum absolute atomic E-state index is 5.39. The average molecular weight is 156 g/mol. The molecule has 3 heteroatoms. The van der Waals surface area contributed by atoms with E-state index in [0.29, 0.717) is 6.10 Å². The van der Waals surface area contributed by atoms with Crippen molar-refractivity contribution in [3.05, 3.63) is 0 Å². The number of hydrazone groups is 1. The van der Waals surface area contributed by atoms with E-state index < -0.39 is 0 Å². The third-order valence-corrected chi connectivity index (χ3v) is 1.56. The molecule has 0 aromatic rings. The second-order valence-corrected chi connectivity index (χ2v) is 2.96. The quantitative estimate of drug-likeness (QED) is 0.609. The number of ether oxygens (including phenoxy) is 1. The monoisotopic (exact) mass is 156 g/mol. The molecule has 0 aliphatic carbocycles. The van der Waals surface area contributed by atoms with E-state index in [4.69, 9.17) is 4.74 Å². The van der Waals surface area contributed by atoms with Crippen LogP contribution in [-0.2, 0) is 4.74 Å². The summed E-state index contributed by atoms with van der Waals surface area (Å²) in [7, 11) is 0. The first-order chi connectivity index (χ1) is 5.29. The Morgan fingerprint density at radius 1 is 1.64 bits per heavy atom. The molecule has 0 amide bonds. The third kappa shape index (κ3) is 3.37. The van der Waals surface area contributed by atoms with Crippen molar-refractivity contribution in [1.82, 2.24) is 5.01 Å². The van der Waals surface area contributed by atoms with Crippen LogP contribution in [0, 0.1) is 0 Å². The molecule has 3 nitrogen and oxygen atoms in total. The number of rotatable bonds is 4. The van der Waals surface area contributed by atoms with Crippen LogP contribution in [-0.4, -0.2) is 37.0 Å². The molecule has 64 valence electrons. The Hall–Kier alpha value is -0.570. The second-order valence-electron chi connectivity index (χ2n) is 2.96. The van der Waals surface area contributed by atoms with Crippen LogP contribution in [0.3, 0.4) is 0 Å². The zero-order valence-corrected chi connectivity index (χ0v) is 7.29. The van der Waals surface area contributed by atoms with Crippen LogP contribution < -0.4 is 0 Å². The minimum absolute atomic E-state index is 0.335. The van der Waals surface area contributed by atoms with Crippen LogP contribution in [0.1, 0.15) is 20.3 Å². The standard InChI is InChI=1S/C8H16N2O/c1-8(2)11-7-6-10-5-3-4-9-10/h4,8H,3,5-7H2,1-2H3. The third-order valence-electron chi connectivity index (χ3n) is 1.56. The summed E-state index contributed by atoms with van der Waals surface area (Å²) in [5, 5.41) is 6.20. The van der Waals surface area contributed by atoms with Crippen molar-refractivity contribution in [2.45, 2.75) is 26.4 Å². The van der Waals surface area contributed by atoms with Crippen LogP contribution in [0.15, 0.2) is 5.10 Å². The van der Waals surface area contributed by atoms with Gasteiger partial charge in [-0.15, -0.1) is 0 Å². The SMILES string of the molecule is CC(C)OCCN1CCC=N1. The number of hydrogen-bond acceptors (Lipinski definition) is 3. The van der Waals surface area contributed by atoms with E-state index >= 15 is 0 Å². The van der Waals surface area contributed by atoms with Crippen LogP contribution in [0.25, 0.3) is 0 Å². The summed E-state index contributed by atoms with van der Waals surface area (Å²) in [6, 6.07) is 0. The largest absolute Gasteiger partial charge is 0.377 e. The first-order valence-corrected chi connectivity index (χ1v) is 4.18. The molecule has 11 heavy (non-hydrogen) atoms. The van der Waals surface area contributed by atoms with Gasteiger partial charge in [0.15, 0.2) is 0 Å². The molecule has 0 aromatic heterocycles. The molecular formula is C8H16N2O. The smallest absolute Gasteiger partial charge is 0.0661 e. The fourth-order valence-corrected chi connectivity index (χ4v) is 1.00. The minimum atomic E-state index is 0.335. The van der Waals surface area contributed by atoms with Crippen molar-refractivity contribution >= 4 is 6.21 Å². The molecule has 0 N–H and O–H groups in total. The molecule has 0 fully saturated rings. The van der Waals surface area contributed by atoms with Gasteiger partial charge in [0.2, 0.25) is 0 Å². The predicted octanol–water partition coefficient (Wildman–Crippen LogP) is 1.10. The summed E-state index contributed by atoms with van der Waals surface area (Å²) < 4.78 is 5.39. The topological polar surface area (TPSA) is 24.8 Å². The van der Waals surface area contributed by atoms with Gasteiger partial charge in [-0.3, -0.25) is 5.01 Å². The zero-order valence-electron chi connectivity index (χ0n) is 7.29. The minimum Gasteiger partial charge on any atom is -0.377 e. The Morgan fingerprint density at radius 2 is 2.45 bits per heavy atom. The molecule has 1 heterocycles. The first-order valence-electron chi connectivity index (χ1n) is 4.18. The number of hydrogen-bond donors (Lipinski definition) is 0. The highest BCUT2D eigenvalue weighted by Gasteiger charge is 2.04. The summed E-state index contributed by atoms with van der Waals surface area (Å²) in [4.78, 5) is 0. The lowest BCUT2D eigenvalue weighted by Gasteiger charge is -2.14. The van der Waals surface area contributed by atoms with Crippen molar-refractivity contribution in [1.29, 1.82) is 0 Å². The van der Waals surface area contributed by atoms with Gasteiger partial charge in [-0.2, -0.15) is 5.10 Å². The molecule has 1 aliphatic heterocycles. The van der Waals surface area contributed by atoms with Gasteiger partial charge < -0.3 is 4.74 Å². The fraction of sp³-hybridized carbons (Fsp3) is 0.875. The highest BCUT2D eigenvalue weighted by Crippen LogP contribution is 1.99. The zero-order chi connectivity index (χ0) is 8.10. The van der Waals surface area contributed by atoms with Gasteiger partial charge in [0.1, 0.15) is 0 Å². The van der Waals surface area contributed by atoms with Crippen LogP contribution in [0.5, 0.6) is 0 Å². The molecule has 0 aromatic carbocycles. The molecule has 0 unspecified atom stereocenters. The fourth-order valence-electron chi connectivity index (χ4n) is 1.00. The molecular weight excluding hydrogens is 140 g/mol. The highest BCUT2D eigenvalue weighted by molar-refractivity contribution is 5.58. The molecule has 0 bridgehead atoms. The predicted molar refractivity (Wildman–Crippen MR) is 45.8 cm³/mol. The van der Waals surface area contributed by atoms with Gasteiger partial charge in [-0.05, 0) is 13.8 Å². The maximum atomic E-state index is 5.39. The molecule has 0 saturated heterocycles. The van der Waals surface area contributed by atoms with Gasteiger partial charge >= 0.3 is 0 Å². The summed E-state index contributed by atoms with van der Waals surface area (Å²) >= 11 is 0. The summed E-state index contributed by atoms with van der Waals surface area (Å²) in [5.74, 6) is 0. The van der Waals surface area contributed by atoms with Crippen molar-refractivity contribution < 1.29 is 4.74 Å². The van der Waals surface area contributed by atoms with Crippen molar-refractivity contribution in [2.75, 3.05) is 19.7 Å². The first kappa shape index (κ1) is 8.53. The lowest BCUT2D eigenvalue weighted by atomic mass is 10.4. The lowest BCUT2D eigenvalue weighted by molar-refractivity contribution is 0.0618. The van der Waals surface area contributed by atoms with E-state index in [1.165, 1.54) is 0 Å². The maximum Gasteiger partial charge on any atom is 0.0661 e. The van der Waals surface area contributed by atoms with Crippen LogP contribution >= 0.6 is 0 Å². The summed E-state index contributed by atoms with van der Waals surface area (Å²) in [5.41, 5.74) is 0. The Morgan fingerprint density at radius 3 is 3.00 bits per heavy atom. The summed E-state index contributed by atoms with van der Waals surface area (Å²) in [6.07, 6.45) is 3.37. The van der Waals surface area contributed by atoms with E-state index in [1.54, 1.807) is 0 Å². The molecule has 1 rings (SSSR count). The molecule has 0 atom stereocenters. The van der Waals surface area contributed by atoms with E-state index in [-0.39, 0.29) is 0 Å². The Bertz CT molecular complexity index is 134. The molecule has 0 saturated carbocycles. The van der Waals surface area contributed by atoms with E-state index in [2.05, 4.69) is 5.10 Å². The molecule has 1 aliphatic rings. The van der Waals surface area contributed by atoms with Crippen molar-refractivity contribution in [2.24, 2.45) is 5.10 Å². The highest BCUT2D eigenvalue weighted by atomic mass is 16.5. The van der Waals surface area contributed by atoms with E-state index in [1.807, 2.05) is 25.1 Å². The Balaban J connectivity index is 1.98. The van der Waals surface area contributed by atoms with Gasteiger partial charge in [-0.25, -0.2) is 0 Å². The van der Waals surface area contributed by atoms with Crippen molar-refractivity contribution in [3.8, 4) is 0 Å². The van der Waals surface area contributed by atoms with Crippen LogP contribution in [0.2, 0.25) is 0 Å². The normalized spacial score (nSPS) is 16.8. The number of nitrogens with zero attached hydrogens (tertiary/aromatic N) is 2. The molecule has 0 spiro atoms. The second kappa shape index (κ2) is 4.34. The average Bonchev–Trinajstić information content (AvgIpc) is 2.39. The lowest BCUT2D eigenvalue weighted by Crippen LogP contribution is -2.21. The Labute approximate surface area is 68.0 Å². The van der Waals surface area contributed by atoms with Crippen molar-refractivity contribution in [3.63, 3.8) is 0 Å². The van der Waals surface area contributed by atoms with Gasteiger partial charge in [0, 0.05) is 19.2 Å². The van der Waals surface area contributed by atoms with Crippen LogP contribution in [0.4, 0.5) is 0 Å². The Kier molecular flexibility index (Phi) is 3.36. The van der Waals surface area contributed by atoms with Gasteiger partial charge in [-0.1, -0.05) is 0 Å². The van der Waals surface area contributed by atoms with Gasteiger partial charge in [0.05, 0.1) is 19.3 Å². The molecule has 0 radical (unpaired) electrons. The van der Waals surface area contributed by atoms with Gasteiger partial charge in [0.25, 0.3) is 0 Å². The van der Waals surface area contributed by atoms with E-state index in [9.17, 15) is 0 Å². The van der Waals surface area contributed by atoms with E-state index in [0.717, 1.165) is 26.1 Å².